The van der Waals surface area contributed by atoms with Gasteiger partial charge in [-0.3, -0.25) is 0 Å². The van der Waals surface area contributed by atoms with E-state index in [0.717, 1.165) is 33.1 Å². The highest BCUT2D eigenvalue weighted by atomic mass is 32.1. The van der Waals surface area contributed by atoms with Crippen LogP contribution in [0.4, 0.5) is 0 Å². The van der Waals surface area contributed by atoms with E-state index in [-0.39, 0.29) is 0 Å². The van der Waals surface area contributed by atoms with Gasteiger partial charge in [0.05, 0.1) is 29.2 Å². The maximum Gasteiger partial charge on any atom is 0.123 e. The third-order valence-corrected chi connectivity index (χ3v) is 3.60. The first kappa shape index (κ1) is 10.9. The largest absolute Gasteiger partial charge is 0.342 e. The second kappa shape index (κ2) is 4.24. The van der Waals surface area contributed by atoms with Gasteiger partial charge in [-0.1, -0.05) is 0 Å². The highest BCUT2D eigenvalue weighted by Crippen LogP contribution is 2.26. The Balaban J connectivity index is 2.04. The monoisotopic (exact) mass is 254 g/mol. The second-order valence-corrected chi connectivity index (χ2v) is 4.89. The van der Waals surface area contributed by atoms with Gasteiger partial charge < -0.3 is 4.98 Å². The number of imidazole rings is 1. The van der Waals surface area contributed by atoms with Crippen molar-refractivity contribution < 1.29 is 0 Å². The molecule has 0 unspecified atom stereocenters. The van der Waals surface area contributed by atoms with Crippen LogP contribution in [0.1, 0.15) is 11.5 Å². The molecule has 18 heavy (non-hydrogen) atoms. The number of hydrogen-bond donors (Lipinski definition) is 1. The molecule has 0 fully saturated rings. The van der Waals surface area contributed by atoms with Crippen LogP contribution < -0.4 is 0 Å². The van der Waals surface area contributed by atoms with E-state index >= 15 is 0 Å². The number of nitrogens with one attached hydrogen (secondary N) is 1. The zero-order valence-electron chi connectivity index (χ0n) is 9.77. The van der Waals surface area contributed by atoms with Crippen LogP contribution >= 0.6 is 11.3 Å². The summed E-state index contributed by atoms with van der Waals surface area (Å²) in [6.45, 7) is 1.94. The molecule has 0 spiro atoms. The Morgan fingerprint density at radius 1 is 1.39 bits per heavy atom. The van der Waals surface area contributed by atoms with Gasteiger partial charge in [0.25, 0.3) is 0 Å². The van der Waals surface area contributed by atoms with Crippen molar-refractivity contribution in [1.82, 2.24) is 15.0 Å². The number of aromatic nitrogens is 3. The minimum absolute atomic E-state index is 0.363. The number of hydrogen-bond acceptors (Lipinski definition) is 4. The van der Waals surface area contributed by atoms with Crippen molar-refractivity contribution in [1.29, 1.82) is 5.26 Å². The molecule has 0 aliphatic carbocycles. The number of fused-ring (bicyclic) bond motifs is 1. The van der Waals surface area contributed by atoms with Gasteiger partial charge in [0.1, 0.15) is 10.8 Å². The van der Waals surface area contributed by atoms with Crippen molar-refractivity contribution in [2.24, 2.45) is 0 Å². The van der Waals surface area contributed by atoms with E-state index in [4.69, 9.17) is 5.26 Å². The predicted octanol–water partition coefficient (Wildman–Crippen LogP) is 3.06. The molecule has 5 heteroatoms. The van der Waals surface area contributed by atoms with Crippen LogP contribution in [-0.2, 0) is 6.42 Å². The summed E-state index contributed by atoms with van der Waals surface area (Å²) in [6.07, 6.45) is 0.363. The number of nitriles is 1. The molecule has 2 heterocycles. The van der Waals surface area contributed by atoms with Crippen LogP contribution in [0.15, 0.2) is 23.6 Å². The summed E-state index contributed by atoms with van der Waals surface area (Å²) in [5, 5.41) is 11.5. The molecule has 0 radical (unpaired) electrons. The zero-order chi connectivity index (χ0) is 12.5. The van der Waals surface area contributed by atoms with E-state index in [1.807, 2.05) is 30.5 Å². The second-order valence-electron chi connectivity index (χ2n) is 4.03. The highest BCUT2D eigenvalue weighted by molar-refractivity contribution is 7.13. The summed E-state index contributed by atoms with van der Waals surface area (Å²) < 4.78 is 0. The number of thiazole rings is 1. The van der Waals surface area contributed by atoms with E-state index in [1.165, 1.54) is 0 Å². The SMILES string of the molecule is Cc1nc2ccc(-c3nc(CC#N)cs3)cc2[nH]1. The van der Waals surface area contributed by atoms with Crippen molar-refractivity contribution in [3.8, 4) is 16.6 Å². The van der Waals surface area contributed by atoms with Crippen LogP contribution in [0.5, 0.6) is 0 Å². The first-order valence-corrected chi connectivity index (χ1v) is 6.42. The lowest BCUT2D eigenvalue weighted by Crippen LogP contribution is -1.82. The van der Waals surface area contributed by atoms with Gasteiger partial charge in [0, 0.05) is 10.9 Å². The Bertz CT molecular complexity index is 748. The number of aromatic amines is 1. The van der Waals surface area contributed by atoms with Crippen molar-refractivity contribution in [2.45, 2.75) is 13.3 Å². The van der Waals surface area contributed by atoms with E-state index < -0.39 is 0 Å². The minimum atomic E-state index is 0.363. The Morgan fingerprint density at radius 3 is 3.11 bits per heavy atom. The molecule has 0 bridgehead atoms. The topological polar surface area (TPSA) is 65.4 Å². The lowest BCUT2D eigenvalue weighted by atomic mass is 10.2. The molecule has 0 saturated heterocycles. The molecule has 0 aliphatic rings. The molecule has 0 atom stereocenters. The summed E-state index contributed by atoms with van der Waals surface area (Å²) in [5.41, 5.74) is 3.87. The first-order chi connectivity index (χ1) is 8.76. The summed E-state index contributed by atoms with van der Waals surface area (Å²) in [6, 6.07) is 8.15. The van der Waals surface area contributed by atoms with Gasteiger partial charge in [-0.25, -0.2) is 9.97 Å². The molecule has 3 rings (SSSR count). The Kier molecular flexibility index (Phi) is 2.58. The zero-order valence-corrected chi connectivity index (χ0v) is 10.6. The van der Waals surface area contributed by atoms with Gasteiger partial charge in [0.2, 0.25) is 0 Å². The van der Waals surface area contributed by atoms with E-state index in [2.05, 4.69) is 21.0 Å². The number of aryl methyl sites for hydroxylation is 1. The van der Waals surface area contributed by atoms with Crippen LogP contribution in [0.3, 0.4) is 0 Å². The third kappa shape index (κ3) is 1.87. The van der Waals surface area contributed by atoms with Gasteiger partial charge in [-0.15, -0.1) is 11.3 Å². The molecule has 0 saturated carbocycles. The maximum atomic E-state index is 8.64. The quantitative estimate of drug-likeness (QED) is 0.764. The van der Waals surface area contributed by atoms with E-state index in [0.29, 0.717) is 6.42 Å². The molecule has 3 aromatic rings. The summed E-state index contributed by atoms with van der Waals surface area (Å²) in [5.74, 6) is 0.909. The molecular formula is C13H10N4S. The number of nitrogens with zero attached hydrogens (tertiary/aromatic N) is 3. The first-order valence-electron chi connectivity index (χ1n) is 5.54. The molecular weight excluding hydrogens is 244 g/mol. The Morgan fingerprint density at radius 2 is 2.28 bits per heavy atom. The average molecular weight is 254 g/mol. The van der Waals surface area contributed by atoms with Crippen molar-refractivity contribution in [3.05, 3.63) is 35.1 Å². The number of rotatable bonds is 2. The van der Waals surface area contributed by atoms with Gasteiger partial charge in [-0.05, 0) is 25.1 Å². The molecule has 2 aromatic heterocycles. The molecule has 1 aromatic carbocycles. The molecule has 0 amide bonds. The average Bonchev–Trinajstić information content (AvgIpc) is 2.93. The van der Waals surface area contributed by atoms with Crippen molar-refractivity contribution >= 4 is 22.4 Å². The smallest absolute Gasteiger partial charge is 0.123 e. The summed E-state index contributed by atoms with van der Waals surface area (Å²) >= 11 is 1.56. The minimum Gasteiger partial charge on any atom is -0.342 e. The van der Waals surface area contributed by atoms with Crippen LogP contribution in [0.25, 0.3) is 21.6 Å². The highest BCUT2D eigenvalue weighted by Gasteiger charge is 2.07. The van der Waals surface area contributed by atoms with Gasteiger partial charge in [0.15, 0.2) is 0 Å². The standard InChI is InChI=1S/C13H10N4S/c1-8-15-11-3-2-9(6-12(11)16-8)13-17-10(4-5-14)7-18-13/h2-3,6-7H,4H2,1H3,(H,15,16). The van der Waals surface area contributed by atoms with Crippen LogP contribution in [0.2, 0.25) is 0 Å². The molecule has 1 N–H and O–H groups in total. The predicted molar refractivity (Wildman–Crippen MR) is 71.3 cm³/mol. The normalized spacial score (nSPS) is 10.7. The fraction of sp³-hybridized carbons (Fsp3) is 0.154. The van der Waals surface area contributed by atoms with Crippen molar-refractivity contribution in [3.63, 3.8) is 0 Å². The summed E-state index contributed by atoms with van der Waals surface area (Å²) in [4.78, 5) is 12.0. The molecule has 88 valence electrons. The lowest BCUT2D eigenvalue weighted by Gasteiger charge is -1.95. The summed E-state index contributed by atoms with van der Waals surface area (Å²) in [7, 11) is 0. The molecule has 4 nitrogen and oxygen atoms in total. The van der Waals surface area contributed by atoms with Gasteiger partial charge >= 0.3 is 0 Å². The fourth-order valence-corrected chi connectivity index (χ4v) is 2.69. The number of benzene rings is 1. The van der Waals surface area contributed by atoms with Crippen LogP contribution in [0, 0.1) is 18.3 Å². The maximum absolute atomic E-state index is 8.64. The van der Waals surface area contributed by atoms with Gasteiger partial charge in [-0.2, -0.15) is 5.26 Å². The van der Waals surface area contributed by atoms with E-state index in [9.17, 15) is 0 Å². The third-order valence-electron chi connectivity index (χ3n) is 2.66. The number of H-pyrrole nitrogens is 1. The van der Waals surface area contributed by atoms with E-state index in [1.54, 1.807) is 11.3 Å². The fourth-order valence-electron chi connectivity index (χ4n) is 1.87. The van der Waals surface area contributed by atoms with Crippen LogP contribution in [-0.4, -0.2) is 15.0 Å². The molecule has 0 aliphatic heterocycles. The Hall–Kier alpha value is -2.19. The van der Waals surface area contributed by atoms with Crippen molar-refractivity contribution in [2.75, 3.05) is 0 Å². The lowest BCUT2D eigenvalue weighted by molar-refractivity contribution is 1.16. The Labute approximate surface area is 108 Å².